The van der Waals surface area contributed by atoms with E-state index in [0.29, 0.717) is 11.3 Å². The van der Waals surface area contributed by atoms with Gasteiger partial charge in [-0.05, 0) is 56.8 Å². The smallest absolute Gasteiger partial charge is 0.123 e. The average Bonchev–Trinajstić information content (AvgIpc) is 2.24. The Balaban J connectivity index is 1.89. The lowest BCUT2D eigenvalue weighted by molar-refractivity contribution is -0.113. The standard InChI is InChI=1S/C12H20O2/c13-9-10-1-5-12(6-2-10)7-3-11(14)4-8-12/h9-11,14H,1-8H2. The number of rotatable bonds is 1. The predicted octanol–water partition coefficient (Wildman–Crippen LogP) is 2.30. The summed E-state index contributed by atoms with van der Waals surface area (Å²) in [5, 5.41) is 9.47. The highest BCUT2D eigenvalue weighted by molar-refractivity contribution is 5.53. The summed E-state index contributed by atoms with van der Waals surface area (Å²) < 4.78 is 0. The van der Waals surface area contributed by atoms with Crippen LogP contribution in [0.1, 0.15) is 51.4 Å². The Morgan fingerprint density at radius 2 is 1.50 bits per heavy atom. The summed E-state index contributed by atoms with van der Waals surface area (Å²) in [6.07, 6.45) is 9.98. The number of aliphatic hydroxyl groups is 1. The van der Waals surface area contributed by atoms with Crippen molar-refractivity contribution in [2.45, 2.75) is 57.5 Å². The van der Waals surface area contributed by atoms with E-state index in [2.05, 4.69) is 0 Å². The largest absolute Gasteiger partial charge is 0.393 e. The van der Waals surface area contributed by atoms with Crippen LogP contribution in [0.3, 0.4) is 0 Å². The minimum absolute atomic E-state index is 0.0515. The maximum absolute atomic E-state index is 10.6. The van der Waals surface area contributed by atoms with Crippen molar-refractivity contribution >= 4 is 6.29 Å². The molecule has 2 rings (SSSR count). The van der Waals surface area contributed by atoms with E-state index in [1.54, 1.807) is 0 Å². The van der Waals surface area contributed by atoms with Gasteiger partial charge in [-0.25, -0.2) is 0 Å². The Labute approximate surface area is 85.7 Å². The molecule has 0 unspecified atom stereocenters. The van der Waals surface area contributed by atoms with E-state index in [1.807, 2.05) is 0 Å². The summed E-state index contributed by atoms with van der Waals surface area (Å²) in [5.41, 5.74) is 0.499. The van der Waals surface area contributed by atoms with Crippen molar-refractivity contribution in [3.63, 3.8) is 0 Å². The van der Waals surface area contributed by atoms with Crippen LogP contribution in [0.5, 0.6) is 0 Å². The molecule has 0 aliphatic heterocycles. The number of hydrogen-bond donors (Lipinski definition) is 1. The first-order valence-electron chi connectivity index (χ1n) is 5.87. The maximum atomic E-state index is 10.6. The highest BCUT2D eigenvalue weighted by Gasteiger charge is 2.37. The fourth-order valence-corrected chi connectivity index (χ4v) is 3.10. The lowest BCUT2D eigenvalue weighted by Gasteiger charge is -2.43. The zero-order valence-corrected chi connectivity index (χ0v) is 8.74. The van der Waals surface area contributed by atoms with E-state index in [4.69, 9.17) is 0 Å². The van der Waals surface area contributed by atoms with Crippen molar-refractivity contribution in [1.82, 2.24) is 0 Å². The monoisotopic (exact) mass is 196 g/mol. The summed E-state index contributed by atoms with van der Waals surface area (Å²) >= 11 is 0. The summed E-state index contributed by atoms with van der Waals surface area (Å²) in [5.74, 6) is 0.326. The molecule has 0 aromatic rings. The molecule has 80 valence electrons. The molecule has 0 bridgehead atoms. The highest BCUT2D eigenvalue weighted by atomic mass is 16.3. The van der Waals surface area contributed by atoms with Crippen LogP contribution in [-0.2, 0) is 4.79 Å². The third-order valence-electron chi connectivity index (χ3n) is 4.30. The molecule has 0 saturated heterocycles. The third-order valence-corrected chi connectivity index (χ3v) is 4.30. The molecule has 2 nitrogen and oxygen atoms in total. The highest BCUT2D eigenvalue weighted by Crippen LogP contribution is 2.48. The molecule has 0 radical (unpaired) electrons. The van der Waals surface area contributed by atoms with Crippen molar-refractivity contribution in [3.05, 3.63) is 0 Å². The quantitative estimate of drug-likeness (QED) is 0.653. The second kappa shape index (κ2) is 4.01. The van der Waals surface area contributed by atoms with Gasteiger partial charge in [-0.15, -0.1) is 0 Å². The summed E-state index contributed by atoms with van der Waals surface area (Å²) in [6, 6.07) is 0. The topological polar surface area (TPSA) is 37.3 Å². The molecule has 0 amide bonds. The van der Waals surface area contributed by atoms with Crippen LogP contribution in [0, 0.1) is 11.3 Å². The molecule has 1 spiro atoms. The van der Waals surface area contributed by atoms with Gasteiger partial charge in [-0.2, -0.15) is 0 Å². The van der Waals surface area contributed by atoms with Crippen LogP contribution in [-0.4, -0.2) is 17.5 Å². The molecule has 2 saturated carbocycles. The van der Waals surface area contributed by atoms with Crippen LogP contribution in [0.15, 0.2) is 0 Å². The van der Waals surface area contributed by atoms with Crippen molar-refractivity contribution in [2.24, 2.45) is 11.3 Å². The fourth-order valence-electron chi connectivity index (χ4n) is 3.10. The van der Waals surface area contributed by atoms with E-state index >= 15 is 0 Å². The predicted molar refractivity (Wildman–Crippen MR) is 54.9 cm³/mol. The minimum Gasteiger partial charge on any atom is -0.393 e. The Morgan fingerprint density at radius 3 is 2.00 bits per heavy atom. The Hall–Kier alpha value is -0.370. The van der Waals surface area contributed by atoms with E-state index in [0.717, 1.165) is 32.0 Å². The second-order valence-corrected chi connectivity index (χ2v) is 5.20. The Kier molecular flexibility index (Phi) is 2.91. The van der Waals surface area contributed by atoms with E-state index in [-0.39, 0.29) is 6.10 Å². The molecule has 0 aromatic carbocycles. The molecule has 2 aliphatic carbocycles. The van der Waals surface area contributed by atoms with Gasteiger partial charge < -0.3 is 9.90 Å². The van der Waals surface area contributed by atoms with Gasteiger partial charge in [-0.1, -0.05) is 0 Å². The molecule has 1 N–H and O–H groups in total. The van der Waals surface area contributed by atoms with Gasteiger partial charge in [0.1, 0.15) is 6.29 Å². The first-order valence-corrected chi connectivity index (χ1v) is 5.87. The normalized spacial score (nSPS) is 43.8. The molecule has 2 heteroatoms. The lowest BCUT2D eigenvalue weighted by atomic mass is 9.63. The zero-order chi connectivity index (χ0) is 10.0. The maximum Gasteiger partial charge on any atom is 0.123 e. The molecule has 0 heterocycles. The minimum atomic E-state index is -0.0515. The molecule has 0 aromatic heterocycles. The molecule has 0 atom stereocenters. The fraction of sp³-hybridized carbons (Fsp3) is 0.917. The lowest BCUT2D eigenvalue weighted by Crippen LogP contribution is -2.33. The van der Waals surface area contributed by atoms with Crippen LogP contribution in [0.4, 0.5) is 0 Å². The van der Waals surface area contributed by atoms with Crippen molar-refractivity contribution in [1.29, 1.82) is 0 Å². The van der Waals surface area contributed by atoms with Gasteiger partial charge in [0.2, 0.25) is 0 Å². The van der Waals surface area contributed by atoms with Crippen LogP contribution in [0.2, 0.25) is 0 Å². The van der Waals surface area contributed by atoms with Gasteiger partial charge in [0.05, 0.1) is 6.10 Å². The van der Waals surface area contributed by atoms with Crippen LogP contribution >= 0.6 is 0 Å². The van der Waals surface area contributed by atoms with Crippen LogP contribution < -0.4 is 0 Å². The number of aliphatic hydroxyl groups excluding tert-OH is 1. The molecule has 2 fully saturated rings. The molecule has 2 aliphatic rings. The van der Waals surface area contributed by atoms with Gasteiger partial charge in [0, 0.05) is 5.92 Å². The van der Waals surface area contributed by atoms with E-state index in [1.165, 1.54) is 25.7 Å². The third kappa shape index (κ3) is 2.00. The molecule has 14 heavy (non-hydrogen) atoms. The van der Waals surface area contributed by atoms with Gasteiger partial charge in [0.15, 0.2) is 0 Å². The Morgan fingerprint density at radius 1 is 1.00 bits per heavy atom. The second-order valence-electron chi connectivity index (χ2n) is 5.20. The number of aldehydes is 1. The zero-order valence-electron chi connectivity index (χ0n) is 8.74. The summed E-state index contributed by atoms with van der Waals surface area (Å²) in [4.78, 5) is 10.6. The average molecular weight is 196 g/mol. The molecular formula is C12H20O2. The number of hydrogen-bond acceptors (Lipinski definition) is 2. The summed E-state index contributed by atoms with van der Waals surface area (Å²) in [6.45, 7) is 0. The van der Waals surface area contributed by atoms with Gasteiger partial charge >= 0.3 is 0 Å². The first kappa shape index (κ1) is 10.2. The summed E-state index contributed by atoms with van der Waals surface area (Å²) in [7, 11) is 0. The van der Waals surface area contributed by atoms with Gasteiger partial charge in [0.25, 0.3) is 0 Å². The molecular weight excluding hydrogens is 176 g/mol. The number of carbonyl (C=O) groups excluding carboxylic acids is 1. The van der Waals surface area contributed by atoms with Crippen molar-refractivity contribution < 1.29 is 9.90 Å². The number of carbonyl (C=O) groups is 1. The SMILES string of the molecule is O=CC1CCC2(CCC(O)CC2)CC1. The van der Waals surface area contributed by atoms with Crippen LogP contribution in [0.25, 0.3) is 0 Å². The van der Waals surface area contributed by atoms with Crippen molar-refractivity contribution in [2.75, 3.05) is 0 Å². The first-order chi connectivity index (χ1) is 6.74. The van der Waals surface area contributed by atoms with Gasteiger partial charge in [-0.3, -0.25) is 0 Å². The van der Waals surface area contributed by atoms with E-state index in [9.17, 15) is 9.90 Å². The van der Waals surface area contributed by atoms with Crippen molar-refractivity contribution in [3.8, 4) is 0 Å². The van der Waals surface area contributed by atoms with E-state index < -0.39 is 0 Å². The Bertz CT molecular complexity index is 194.